The van der Waals surface area contributed by atoms with Crippen LogP contribution >= 0.6 is 11.8 Å². The van der Waals surface area contributed by atoms with E-state index in [1.807, 2.05) is 28.8 Å². The third-order valence-corrected chi connectivity index (χ3v) is 6.01. The number of carbonyl (C=O) groups is 1. The van der Waals surface area contributed by atoms with Crippen molar-refractivity contribution >= 4 is 23.4 Å². The molecule has 3 aromatic rings. The van der Waals surface area contributed by atoms with Gasteiger partial charge in [-0.2, -0.15) is 0 Å². The second kappa shape index (κ2) is 7.27. The molecule has 3 heterocycles. The van der Waals surface area contributed by atoms with Gasteiger partial charge in [0.15, 0.2) is 10.9 Å². The molecule has 0 saturated carbocycles. The van der Waals surface area contributed by atoms with Crippen molar-refractivity contribution in [2.45, 2.75) is 37.6 Å². The third-order valence-electron chi connectivity index (χ3n) is 4.93. The molecule has 0 radical (unpaired) electrons. The molecule has 1 aliphatic rings. The zero-order valence-electron chi connectivity index (χ0n) is 15.9. The summed E-state index contributed by atoms with van der Waals surface area (Å²) in [6, 6.07) is 7.97. The summed E-state index contributed by atoms with van der Waals surface area (Å²) < 4.78 is 7.83. The van der Waals surface area contributed by atoms with E-state index in [4.69, 9.17) is 4.42 Å². The number of aromatic nitrogens is 2. The van der Waals surface area contributed by atoms with Crippen molar-refractivity contribution in [2.24, 2.45) is 7.05 Å². The van der Waals surface area contributed by atoms with Crippen LogP contribution in [0.2, 0.25) is 0 Å². The SMILES string of the molecule is Cc1cc(C)c2c(c1)N(C(=O)c1ccc(CSc3nccn3C)o1)CCC2. The Kier molecular flexibility index (Phi) is 4.83. The minimum absolute atomic E-state index is 0.0609. The molecule has 0 aliphatic carbocycles. The van der Waals surface area contributed by atoms with Crippen LogP contribution < -0.4 is 4.90 Å². The van der Waals surface area contributed by atoms with Crippen molar-refractivity contribution in [1.82, 2.24) is 9.55 Å². The van der Waals surface area contributed by atoms with Crippen LogP contribution in [0.4, 0.5) is 5.69 Å². The Morgan fingerprint density at radius 1 is 1.30 bits per heavy atom. The number of amides is 1. The lowest BCUT2D eigenvalue weighted by molar-refractivity contribution is 0.0957. The number of benzene rings is 1. The molecule has 0 N–H and O–H groups in total. The number of rotatable bonds is 4. The van der Waals surface area contributed by atoms with Crippen molar-refractivity contribution in [1.29, 1.82) is 0 Å². The second-order valence-electron chi connectivity index (χ2n) is 7.02. The van der Waals surface area contributed by atoms with E-state index in [1.165, 1.54) is 16.7 Å². The first-order valence-electron chi connectivity index (χ1n) is 9.14. The van der Waals surface area contributed by atoms with E-state index < -0.39 is 0 Å². The van der Waals surface area contributed by atoms with Gasteiger partial charge in [-0.15, -0.1) is 0 Å². The van der Waals surface area contributed by atoms with Gasteiger partial charge in [0, 0.05) is 31.7 Å². The molecule has 0 bridgehead atoms. The highest BCUT2D eigenvalue weighted by Gasteiger charge is 2.26. The number of imidazole rings is 1. The molecule has 0 saturated heterocycles. The molecule has 0 unspecified atom stereocenters. The van der Waals surface area contributed by atoms with Crippen LogP contribution in [-0.4, -0.2) is 22.0 Å². The Balaban J connectivity index is 1.53. The molecule has 5 nitrogen and oxygen atoms in total. The Bertz CT molecular complexity index is 989. The third kappa shape index (κ3) is 3.54. The summed E-state index contributed by atoms with van der Waals surface area (Å²) in [6.07, 6.45) is 5.69. The molecular weight excluding hydrogens is 358 g/mol. The number of thioether (sulfide) groups is 1. The summed E-state index contributed by atoms with van der Waals surface area (Å²) in [5, 5.41) is 0.926. The standard InChI is InChI=1S/C21H23N3O2S/c1-14-11-15(2)17-5-4-9-24(18(17)12-14)20(25)19-7-6-16(26-19)13-27-21-22-8-10-23(21)3/h6-8,10-12H,4-5,9,13H2,1-3H3. The van der Waals surface area contributed by atoms with E-state index >= 15 is 0 Å². The normalized spacial score (nSPS) is 13.7. The first-order valence-corrected chi connectivity index (χ1v) is 10.1. The molecule has 4 rings (SSSR count). The summed E-state index contributed by atoms with van der Waals surface area (Å²) in [6.45, 7) is 4.93. The summed E-state index contributed by atoms with van der Waals surface area (Å²) in [4.78, 5) is 19.3. The minimum atomic E-state index is -0.0609. The minimum Gasteiger partial charge on any atom is -0.455 e. The molecule has 140 valence electrons. The van der Waals surface area contributed by atoms with Crippen LogP contribution in [0.1, 0.15) is 39.4 Å². The Morgan fingerprint density at radius 3 is 2.93 bits per heavy atom. The maximum atomic E-state index is 13.1. The highest BCUT2D eigenvalue weighted by molar-refractivity contribution is 7.98. The van der Waals surface area contributed by atoms with Crippen molar-refractivity contribution in [3.63, 3.8) is 0 Å². The van der Waals surface area contributed by atoms with Crippen LogP contribution in [0.15, 0.2) is 46.2 Å². The number of furan rings is 1. The molecule has 1 aliphatic heterocycles. The zero-order chi connectivity index (χ0) is 19.0. The van der Waals surface area contributed by atoms with Crippen molar-refractivity contribution in [3.8, 4) is 0 Å². The number of anilines is 1. The fraction of sp³-hybridized carbons (Fsp3) is 0.333. The molecule has 0 atom stereocenters. The van der Waals surface area contributed by atoms with Gasteiger partial charge in [-0.1, -0.05) is 17.8 Å². The lowest BCUT2D eigenvalue weighted by Gasteiger charge is -2.30. The number of nitrogens with zero attached hydrogens (tertiary/aromatic N) is 3. The quantitative estimate of drug-likeness (QED) is 0.624. The molecule has 0 fully saturated rings. The molecular formula is C21H23N3O2S. The number of aryl methyl sites for hydroxylation is 3. The number of hydrogen-bond acceptors (Lipinski definition) is 4. The topological polar surface area (TPSA) is 51.3 Å². The highest BCUT2D eigenvalue weighted by atomic mass is 32.2. The molecule has 27 heavy (non-hydrogen) atoms. The predicted molar refractivity (Wildman–Crippen MR) is 107 cm³/mol. The maximum Gasteiger partial charge on any atom is 0.293 e. The largest absolute Gasteiger partial charge is 0.455 e. The van der Waals surface area contributed by atoms with Crippen molar-refractivity contribution < 1.29 is 9.21 Å². The van der Waals surface area contributed by atoms with Crippen molar-refractivity contribution in [3.05, 3.63) is 64.9 Å². The second-order valence-corrected chi connectivity index (χ2v) is 7.96. The first-order chi connectivity index (χ1) is 13.0. The van der Waals surface area contributed by atoms with Gasteiger partial charge in [0.25, 0.3) is 5.91 Å². The van der Waals surface area contributed by atoms with Crippen LogP contribution in [0.3, 0.4) is 0 Å². The lowest BCUT2D eigenvalue weighted by atomic mass is 9.95. The lowest BCUT2D eigenvalue weighted by Crippen LogP contribution is -2.35. The molecule has 0 spiro atoms. The number of carbonyl (C=O) groups excluding carboxylic acids is 1. The summed E-state index contributed by atoms with van der Waals surface area (Å²) in [5.74, 6) is 1.77. The average molecular weight is 382 g/mol. The van der Waals surface area contributed by atoms with E-state index in [9.17, 15) is 4.79 Å². The maximum absolute atomic E-state index is 13.1. The van der Waals surface area contributed by atoms with E-state index in [2.05, 4.69) is 31.0 Å². The van der Waals surface area contributed by atoms with Gasteiger partial charge in [-0.05, 0) is 61.6 Å². The molecule has 2 aromatic heterocycles. The number of hydrogen-bond donors (Lipinski definition) is 0. The number of fused-ring (bicyclic) bond motifs is 1. The zero-order valence-corrected chi connectivity index (χ0v) is 16.7. The van der Waals surface area contributed by atoms with Gasteiger partial charge in [0.2, 0.25) is 0 Å². The van der Waals surface area contributed by atoms with E-state index in [0.29, 0.717) is 11.5 Å². The van der Waals surface area contributed by atoms with Gasteiger partial charge < -0.3 is 13.9 Å². The van der Waals surface area contributed by atoms with E-state index in [1.54, 1.807) is 24.0 Å². The van der Waals surface area contributed by atoms with Crippen LogP contribution in [0.5, 0.6) is 0 Å². The van der Waals surface area contributed by atoms with Gasteiger partial charge in [0.1, 0.15) is 5.76 Å². The Labute approximate surface area is 163 Å². The van der Waals surface area contributed by atoms with E-state index in [-0.39, 0.29) is 5.91 Å². The first kappa shape index (κ1) is 17.9. The van der Waals surface area contributed by atoms with Crippen LogP contribution in [-0.2, 0) is 19.2 Å². The summed E-state index contributed by atoms with van der Waals surface area (Å²) in [5.41, 5.74) is 4.74. The van der Waals surface area contributed by atoms with Gasteiger partial charge >= 0.3 is 0 Å². The Hall–Kier alpha value is -2.47. The predicted octanol–water partition coefficient (Wildman–Crippen LogP) is 4.52. The monoisotopic (exact) mass is 381 g/mol. The fourth-order valence-electron chi connectivity index (χ4n) is 3.62. The fourth-order valence-corrected chi connectivity index (χ4v) is 4.44. The molecule has 6 heteroatoms. The van der Waals surface area contributed by atoms with Gasteiger partial charge in [0.05, 0.1) is 5.75 Å². The Morgan fingerprint density at radius 2 is 2.15 bits per heavy atom. The van der Waals surface area contributed by atoms with Crippen molar-refractivity contribution in [2.75, 3.05) is 11.4 Å². The molecule has 1 aromatic carbocycles. The summed E-state index contributed by atoms with van der Waals surface area (Å²) >= 11 is 1.59. The molecule has 1 amide bonds. The van der Waals surface area contributed by atoms with Crippen LogP contribution in [0, 0.1) is 13.8 Å². The van der Waals surface area contributed by atoms with Gasteiger partial charge in [-0.25, -0.2) is 4.98 Å². The van der Waals surface area contributed by atoms with E-state index in [0.717, 1.165) is 36.0 Å². The highest BCUT2D eigenvalue weighted by Crippen LogP contribution is 2.32. The average Bonchev–Trinajstić information content (AvgIpc) is 3.28. The van der Waals surface area contributed by atoms with Crippen LogP contribution in [0.25, 0.3) is 0 Å². The van der Waals surface area contributed by atoms with Gasteiger partial charge in [-0.3, -0.25) is 4.79 Å². The summed E-state index contributed by atoms with van der Waals surface area (Å²) in [7, 11) is 1.96. The smallest absolute Gasteiger partial charge is 0.293 e.